The second-order valence-electron chi connectivity index (χ2n) is 8.31. The topological polar surface area (TPSA) is 66.4 Å². The molecule has 0 aromatic heterocycles. The lowest BCUT2D eigenvalue weighted by molar-refractivity contribution is -0.139. The molecule has 2 N–H and O–H groups in total. The van der Waals surface area contributed by atoms with Gasteiger partial charge in [-0.2, -0.15) is 0 Å². The first kappa shape index (κ1) is 21.4. The molecule has 0 aliphatic carbocycles. The molecule has 0 radical (unpaired) electrons. The van der Waals surface area contributed by atoms with Crippen molar-refractivity contribution in [3.8, 4) is 11.1 Å². The molecule has 4 nitrogen and oxygen atoms in total. The van der Waals surface area contributed by atoms with Crippen molar-refractivity contribution in [3.05, 3.63) is 120 Å². The quantitative estimate of drug-likeness (QED) is 0.311. The molecule has 0 aliphatic rings. The third-order valence-corrected chi connectivity index (χ3v) is 6.15. The fourth-order valence-electron chi connectivity index (χ4n) is 4.42. The number of carboxylic acids is 1. The minimum atomic E-state index is -1.06. The van der Waals surface area contributed by atoms with Crippen molar-refractivity contribution in [2.24, 2.45) is 0 Å². The van der Waals surface area contributed by atoms with Gasteiger partial charge in [0, 0.05) is 12.0 Å². The number of benzene rings is 5. The number of aliphatic carboxylic acids is 1. The van der Waals surface area contributed by atoms with Crippen molar-refractivity contribution in [1.82, 2.24) is 5.32 Å². The predicted octanol–water partition coefficient (Wildman–Crippen LogP) is 6.09. The first-order valence-corrected chi connectivity index (χ1v) is 11.2. The number of carbonyl (C=O) groups is 2. The zero-order valence-electron chi connectivity index (χ0n) is 18.4. The van der Waals surface area contributed by atoms with Crippen LogP contribution >= 0.6 is 0 Å². The smallest absolute Gasteiger partial charge is 0.326 e. The standard InChI is InChI=1S/C30H23NO3/c32-29(22-16-14-21(15-17-22)20-8-2-1-3-9-20)31-28(30(33)34)19-27-25-12-6-4-10-23(25)18-24-11-5-7-13-26(24)27/h1-18,28H,19H2,(H,31,32)(H,33,34)/t28-/m0/s1. The van der Waals surface area contributed by atoms with Crippen LogP contribution < -0.4 is 5.32 Å². The monoisotopic (exact) mass is 445 g/mol. The number of carbonyl (C=O) groups excluding carboxylic acids is 1. The van der Waals surface area contributed by atoms with Gasteiger partial charge in [-0.25, -0.2) is 4.79 Å². The highest BCUT2D eigenvalue weighted by Crippen LogP contribution is 2.29. The highest BCUT2D eigenvalue weighted by molar-refractivity contribution is 6.03. The zero-order valence-corrected chi connectivity index (χ0v) is 18.4. The molecule has 0 fully saturated rings. The van der Waals surface area contributed by atoms with Gasteiger partial charge in [0.05, 0.1) is 0 Å². The molecule has 0 aliphatic heterocycles. The lowest BCUT2D eigenvalue weighted by Gasteiger charge is -2.18. The Morgan fingerprint density at radius 2 is 1.21 bits per heavy atom. The molecule has 1 amide bonds. The summed E-state index contributed by atoms with van der Waals surface area (Å²) in [6.07, 6.45) is 0.186. The van der Waals surface area contributed by atoms with Gasteiger partial charge in [0.25, 0.3) is 5.91 Å². The maximum Gasteiger partial charge on any atom is 0.326 e. The number of rotatable bonds is 6. The number of fused-ring (bicyclic) bond motifs is 2. The van der Waals surface area contributed by atoms with Gasteiger partial charge in [0.2, 0.25) is 0 Å². The van der Waals surface area contributed by atoms with Gasteiger partial charge in [-0.1, -0.05) is 91.0 Å². The van der Waals surface area contributed by atoms with E-state index < -0.39 is 17.9 Å². The number of amides is 1. The van der Waals surface area contributed by atoms with Crippen LogP contribution in [0.5, 0.6) is 0 Å². The third kappa shape index (κ3) is 4.26. The van der Waals surface area contributed by atoms with Gasteiger partial charge in [0.15, 0.2) is 0 Å². The summed E-state index contributed by atoms with van der Waals surface area (Å²) in [4.78, 5) is 25.1. The molecule has 0 heterocycles. The second kappa shape index (κ2) is 9.20. The van der Waals surface area contributed by atoms with Gasteiger partial charge >= 0.3 is 5.97 Å². The summed E-state index contributed by atoms with van der Waals surface area (Å²) in [5.74, 6) is -1.47. The summed E-state index contributed by atoms with van der Waals surface area (Å²) < 4.78 is 0. The average Bonchev–Trinajstić information content (AvgIpc) is 2.88. The van der Waals surface area contributed by atoms with E-state index in [9.17, 15) is 14.7 Å². The third-order valence-electron chi connectivity index (χ3n) is 6.15. The van der Waals surface area contributed by atoms with Crippen molar-refractivity contribution in [1.29, 1.82) is 0 Å². The van der Waals surface area contributed by atoms with Crippen LogP contribution in [0.3, 0.4) is 0 Å². The minimum absolute atomic E-state index is 0.186. The molecule has 5 aromatic carbocycles. The molecule has 0 unspecified atom stereocenters. The molecule has 0 spiro atoms. The van der Waals surface area contributed by atoms with E-state index in [4.69, 9.17) is 0 Å². The van der Waals surface area contributed by atoms with E-state index in [0.29, 0.717) is 5.56 Å². The van der Waals surface area contributed by atoms with E-state index in [0.717, 1.165) is 38.2 Å². The largest absolute Gasteiger partial charge is 0.480 e. The molecule has 0 saturated carbocycles. The Bertz CT molecular complexity index is 1440. The normalized spacial score (nSPS) is 11.9. The van der Waals surface area contributed by atoms with E-state index in [1.165, 1.54) is 0 Å². The first-order chi connectivity index (χ1) is 16.6. The van der Waals surface area contributed by atoms with Crippen LogP contribution in [0.1, 0.15) is 15.9 Å². The SMILES string of the molecule is O=C(N[C@@H](Cc1c2ccccc2cc2ccccc12)C(=O)O)c1ccc(-c2ccccc2)cc1. The van der Waals surface area contributed by atoms with Crippen LogP contribution in [-0.2, 0) is 11.2 Å². The highest BCUT2D eigenvalue weighted by atomic mass is 16.4. The fourth-order valence-corrected chi connectivity index (χ4v) is 4.42. The second-order valence-corrected chi connectivity index (χ2v) is 8.31. The van der Waals surface area contributed by atoms with Crippen molar-refractivity contribution in [3.63, 3.8) is 0 Å². The van der Waals surface area contributed by atoms with E-state index in [1.54, 1.807) is 12.1 Å². The molecular weight excluding hydrogens is 422 g/mol. The minimum Gasteiger partial charge on any atom is -0.480 e. The van der Waals surface area contributed by atoms with Gasteiger partial charge in [-0.3, -0.25) is 4.79 Å². The van der Waals surface area contributed by atoms with Gasteiger partial charge in [0.1, 0.15) is 6.04 Å². The Balaban J connectivity index is 1.44. The number of hydrogen-bond donors (Lipinski definition) is 2. The van der Waals surface area contributed by atoms with Crippen molar-refractivity contribution < 1.29 is 14.7 Å². The van der Waals surface area contributed by atoms with Crippen molar-refractivity contribution >= 4 is 33.4 Å². The lowest BCUT2D eigenvalue weighted by atomic mass is 9.92. The van der Waals surface area contributed by atoms with Crippen LogP contribution in [0.4, 0.5) is 0 Å². The summed E-state index contributed by atoms with van der Waals surface area (Å²) in [5.41, 5.74) is 3.39. The molecule has 0 bridgehead atoms. The zero-order chi connectivity index (χ0) is 23.5. The molecule has 34 heavy (non-hydrogen) atoms. The van der Waals surface area contributed by atoms with Crippen LogP contribution in [0.25, 0.3) is 32.7 Å². The van der Waals surface area contributed by atoms with Crippen molar-refractivity contribution in [2.75, 3.05) is 0 Å². The summed E-state index contributed by atoms with van der Waals surface area (Å²) >= 11 is 0. The van der Waals surface area contributed by atoms with Gasteiger partial charge in [-0.15, -0.1) is 0 Å². The van der Waals surface area contributed by atoms with Gasteiger partial charge in [-0.05, 0) is 56.4 Å². The van der Waals surface area contributed by atoms with Crippen LogP contribution in [0.2, 0.25) is 0 Å². The number of carboxylic acid groups (broad SMARTS) is 1. The molecule has 0 saturated heterocycles. The lowest BCUT2D eigenvalue weighted by Crippen LogP contribution is -2.42. The molecule has 4 heteroatoms. The molecule has 5 rings (SSSR count). The number of hydrogen-bond acceptors (Lipinski definition) is 2. The molecule has 166 valence electrons. The Morgan fingerprint density at radius 1 is 0.676 bits per heavy atom. The predicted molar refractivity (Wildman–Crippen MR) is 136 cm³/mol. The van der Waals surface area contributed by atoms with E-state index in [-0.39, 0.29) is 6.42 Å². The average molecular weight is 446 g/mol. The molecular formula is C30H23NO3. The van der Waals surface area contributed by atoms with E-state index >= 15 is 0 Å². The molecule has 1 atom stereocenters. The molecule has 5 aromatic rings. The van der Waals surface area contributed by atoms with Crippen LogP contribution in [0.15, 0.2) is 109 Å². The fraction of sp³-hybridized carbons (Fsp3) is 0.0667. The van der Waals surface area contributed by atoms with Crippen LogP contribution in [-0.4, -0.2) is 23.0 Å². The Labute approximate surface area is 197 Å². The summed E-state index contributed by atoms with van der Waals surface area (Å²) in [6.45, 7) is 0. The maximum absolute atomic E-state index is 13.0. The summed E-state index contributed by atoms with van der Waals surface area (Å²) in [5, 5.41) is 16.8. The summed E-state index contributed by atoms with van der Waals surface area (Å²) in [6, 6.07) is 34.0. The number of nitrogens with one attached hydrogen (secondary N) is 1. The van der Waals surface area contributed by atoms with Crippen molar-refractivity contribution in [2.45, 2.75) is 12.5 Å². The van der Waals surface area contributed by atoms with Crippen LogP contribution in [0, 0.1) is 0 Å². The van der Waals surface area contributed by atoms with Gasteiger partial charge < -0.3 is 10.4 Å². The Morgan fingerprint density at radius 3 is 1.79 bits per heavy atom. The Kier molecular flexibility index (Phi) is 5.79. The first-order valence-electron chi connectivity index (χ1n) is 11.2. The maximum atomic E-state index is 13.0. The highest BCUT2D eigenvalue weighted by Gasteiger charge is 2.23. The van der Waals surface area contributed by atoms with E-state index in [1.807, 2.05) is 91.0 Å². The Hall–Kier alpha value is -4.44. The summed E-state index contributed by atoms with van der Waals surface area (Å²) in [7, 11) is 0. The van der Waals surface area contributed by atoms with E-state index in [2.05, 4.69) is 11.4 Å².